The number of anilines is 2. The molecule has 0 bridgehead atoms. The van der Waals surface area contributed by atoms with Crippen molar-refractivity contribution in [2.45, 2.75) is 31.1 Å². The zero-order valence-corrected chi connectivity index (χ0v) is 17.1. The number of nitrogens with zero attached hydrogens (tertiary/aromatic N) is 1. The van der Waals surface area contributed by atoms with Gasteiger partial charge in [-0.05, 0) is 66.8 Å². The van der Waals surface area contributed by atoms with Crippen molar-refractivity contribution in [1.29, 1.82) is 0 Å². The molecule has 0 saturated heterocycles. The standard InChI is InChI=1S/C24H21ClN2O3/c25-19-4-2-18(3-5-19)24(10-1-11-24)23(29)26-20-6-7-21-16(14-20)8-12-27(21)22(28)17-9-13-30-15-17/h2-7,9,13-15H,1,8,10-12H2,(H,26,29). The molecular formula is C24H21ClN2O3. The van der Waals surface area contributed by atoms with Crippen LogP contribution in [0.15, 0.2) is 65.5 Å². The first kappa shape index (κ1) is 18.9. The van der Waals surface area contributed by atoms with Crippen LogP contribution in [0.5, 0.6) is 0 Å². The van der Waals surface area contributed by atoms with E-state index in [9.17, 15) is 9.59 Å². The van der Waals surface area contributed by atoms with Gasteiger partial charge in [0.05, 0.1) is 17.2 Å². The molecule has 30 heavy (non-hydrogen) atoms. The molecule has 0 atom stereocenters. The maximum Gasteiger partial charge on any atom is 0.261 e. The molecule has 1 fully saturated rings. The molecule has 2 heterocycles. The Bertz CT molecular complexity index is 1100. The van der Waals surface area contributed by atoms with Crippen molar-refractivity contribution < 1.29 is 14.0 Å². The Balaban J connectivity index is 1.36. The maximum absolute atomic E-state index is 13.2. The van der Waals surface area contributed by atoms with Crippen LogP contribution in [-0.2, 0) is 16.6 Å². The number of hydrogen-bond donors (Lipinski definition) is 1. The Labute approximate surface area is 179 Å². The third kappa shape index (κ3) is 3.10. The summed E-state index contributed by atoms with van der Waals surface area (Å²) in [6.45, 7) is 0.617. The van der Waals surface area contributed by atoms with Crippen LogP contribution in [0, 0.1) is 0 Å². The number of furan rings is 1. The van der Waals surface area contributed by atoms with Crippen molar-refractivity contribution in [3.05, 3.63) is 82.8 Å². The summed E-state index contributed by atoms with van der Waals surface area (Å²) in [5.41, 5.74) is 3.75. The zero-order chi connectivity index (χ0) is 20.7. The monoisotopic (exact) mass is 420 g/mol. The summed E-state index contributed by atoms with van der Waals surface area (Å²) in [5.74, 6) is -0.0595. The van der Waals surface area contributed by atoms with Crippen LogP contribution in [0.1, 0.15) is 40.7 Å². The predicted octanol–water partition coefficient (Wildman–Crippen LogP) is 5.20. The average molecular weight is 421 g/mol. The van der Waals surface area contributed by atoms with Gasteiger partial charge in [-0.3, -0.25) is 9.59 Å². The van der Waals surface area contributed by atoms with Gasteiger partial charge in [0.25, 0.3) is 5.91 Å². The molecule has 5 rings (SSSR count). The summed E-state index contributed by atoms with van der Waals surface area (Å²) < 4.78 is 5.03. The van der Waals surface area contributed by atoms with Crippen LogP contribution in [0.3, 0.4) is 0 Å². The highest BCUT2D eigenvalue weighted by molar-refractivity contribution is 6.30. The Kier molecular flexibility index (Phi) is 4.63. The van der Waals surface area contributed by atoms with Crippen LogP contribution in [0.4, 0.5) is 11.4 Å². The first-order valence-electron chi connectivity index (χ1n) is 10.1. The molecule has 152 valence electrons. The van der Waals surface area contributed by atoms with E-state index in [4.69, 9.17) is 16.0 Å². The number of carbonyl (C=O) groups is 2. The Morgan fingerprint density at radius 3 is 2.53 bits per heavy atom. The molecule has 0 spiro atoms. The molecule has 1 aliphatic heterocycles. The lowest BCUT2D eigenvalue weighted by Gasteiger charge is -2.40. The van der Waals surface area contributed by atoms with Gasteiger partial charge in [-0.2, -0.15) is 0 Å². The van der Waals surface area contributed by atoms with Crippen molar-refractivity contribution in [1.82, 2.24) is 0 Å². The normalized spacial score (nSPS) is 16.6. The highest BCUT2D eigenvalue weighted by Crippen LogP contribution is 2.45. The minimum atomic E-state index is -0.493. The number of hydrogen-bond acceptors (Lipinski definition) is 3. The van der Waals surface area contributed by atoms with Gasteiger partial charge in [-0.25, -0.2) is 0 Å². The molecular weight excluding hydrogens is 400 g/mol. The molecule has 3 aromatic rings. The van der Waals surface area contributed by atoms with E-state index in [1.54, 1.807) is 11.0 Å². The quantitative estimate of drug-likeness (QED) is 0.631. The Morgan fingerprint density at radius 2 is 1.87 bits per heavy atom. The van der Waals surface area contributed by atoms with Crippen molar-refractivity contribution in [2.75, 3.05) is 16.8 Å². The second-order valence-electron chi connectivity index (χ2n) is 7.96. The first-order chi connectivity index (χ1) is 14.6. The van der Waals surface area contributed by atoms with Gasteiger partial charge in [0.1, 0.15) is 6.26 Å². The molecule has 6 heteroatoms. The van der Waals surface area contributed by atoms with Gasteiger partial charge in [0.15, 0.2) is 0 Å². The van der Waals surface area contributed by atoms with E-state index in [1.807, 2.05) is 42.5 Å². The van der Waals surface area contributed by atoms with Crippen LogP contribution >= 0.6 is 11.6 Å². The Hall–Kier alpha value is -3.05. The van der Waals surface area contributed by atoms with Crippen LogP contribution in [0.25, 0.3) is 0 Å². The van der Waals surface area contributed by atoms with E-state index in [0.29, 0.717) is 17.1 Å². The van der Waals surface area contributed by atoms with Crippen LogP contribution in [0.2, 0.25) is 5.02 Å². The lowest BCUT2D eigenvalue weighted by Crippen LogP contribution is -2.46. The molecule has 2 amide bonds. The molecule has 1 aliphatic carbocycles. The summed E-state index contributed by atoms with van der Waals surface area (Å²) >= 11 is 6.02. The SMILES string of the molecule is O=C(c1ccoc1)N1CCc2cc(NC(=O)C3(c4ccc(Cl)cc4)CCC3)ccc21. The first-order valence-corrected chi connectivity index (χ1v) is 10.5. The molecule has 1 aromatic heterocycles. The summed E-state index contributed by atoms with van der Waals surface area (Å²) in [5, 5.41) is 3.78. The number of carbonyl (C=O) groups excluding carboxylic acids is 2. The maximum atomic E-state index is 13.2. The molecule has 5 nitrogen and oxygen atoms in total. The van der Waals surface area contributed by atoms with E-state index in [1.165, 1.54) is 12.5 Å². The van der Waals surface area contributed by atoms with Crippen molar-refractivity contribution in [2.24, 2.45) is 0 Å². The lowest BCUT2D eigenvalue weighted by molar-refractivity contribution is -0.124. The van der Waals surface area contributed by atoms with Crippen molar-refractivity contribution in [3.8, 4) is 0 Å². The summed E-state index contributed by atoms with van der Waals surface area (Å²) in [6, 6.07) is 15.0. The van der Waals surface area contributed by atoms with Crippen molar-refractivity contribution >= 4 is 34.8 Å². The fourth-order valence-corrected chi connectivity index (χ4v) is 4.56. The third-order valence-corrected chi connectivity index (χ3v) is 6.54. The largest absolute Gasteiger partial charge is 0.472 e. The zero-order valence-electron chi connectivity index (χ0n) is 16.4. The highest BCUT2D eigenvalue weighted by Gasteiger charge is 2.45. The number of nitrogens with one attached hydrogen (secondary N) is 1. The number of halogens is 1. The average Bonchev–Trinajstić information content (AvgIpc) is 3.38. The number of benzene rings is 2. The van der Waals surface area contributed by atoms with E-state index in [0.717, 1.165) is 48.2 Å². The van der Waals surface area contributed by atoms with E-state index in [-0.39, 0.29) is 11.8 Å². The molecule has 2 aromatic carbocycles. The van der Waals surface area contributed by atoms with E-state index in [2.05, 4.69) is 5.32 Å². The smallest absolute Gasteiger partial charge is 0.261 e. The van der Waals surface area contributed by atoms with Crippen LogP contribution in [-0.4, -0.2) is 18.4 Å². The number of fused-ring (bicyclic) bond motifs is 1. The minimum Gasteiger partial charge on any atom is -0.472 e. The molecule has 0 radical (unpaired) electrons. The fraction of sp³-hybridized carbons (Fsp3) is 0.250. The van der Waals surface area contributed by atoms with Crippen LogP contribution < -0.4 is 10.2 Å². The topological polar surface area (TPSA) is 62.6 Å². The fourth-order valence-electron chi connectivity index (χ4n) is 4.43. The second kappa shape index (κ2) is 7.33. The summed E-state index contributed by atoms with van der Waals surface area (Å²) in [7, 11) is 0. The molecule has 1 N–H and O–H groups in total. The third-order valence-electron chi connectivity index (χ3n) is 6.28. The van der Waals surface area contributed by atoms with E-state index >= 15 is 0 Å². The number of amides is 2. The Morgan fingerprint density at radius 1 is 1.07 bits per heavy atom. The summed E-state index contributed by atoms with van der Waals surface area (Å²) in [4.78, 5) is 27.6. The molecule has 2 aliphatic rings. The lowest BCUT2D eigenvalue weighted by atomic mass is 9.64. The van der Waals surface area contributed by atoms with Gasteiger partial charge in [0, 0.05) is 22.9 Å². The van der Waals surface area contributed by atoms with Gasteiger partial charge < -0.3 is 14.6 Å². The van der Waals surface area contributed by atoms with Gasteiger partial charge in [-0.15, -0.1) is 0 Å². The van der Waals surface area contributed by atoms with Crippen molar-refractivity contribution in [3.63, 3.8) is 0 Å². The highest BCUT2D eigenvalue weighted by atomic mass is 35.5. The van der Waals surface area contributed by atoms with Gasteiger partial charge >= 0.3 is 0 Å². The van der Waals surface area contributed by atoms with Gasteiger partial charge in [0.2, 0.25) is 5.91 Å². The van der Waals surface area contributed by atoms with E-state index < -0.39 is 5.41 Å². The molecule has 1 saturated carbocycles. The minimum absolute atomic E-state index is 0.0142. The van der Waals surface area contributed by atoms with Gasteiger partial charge in [-0.1, -0.05) is 30.2 Å². The number of rotatable bonds is 4. The second-order valence-corrected chi connectivity index (χ2v) is 8.40. The predicted molar refractivity (Wildman–Crippen MR) is 116 cm³/mol. The molecule has 0 unspecified atom stereocenters. The summed E-state index contributed by atoms with van der Waals surface area (Å²) in [6.07, 6.45) is 6.41.